The smallest absolute Gasteiger partial charge is 0.307 e. The van der Waals surface area contributed by atoms with Crippen LogP contribution in [0.1, 0.15) is 19.3 Å². The van der Waals surface area contributed by atoms with Crippen LogP contribution in [-0.2, 0) is 9.59 Å². The zero-order valence-corrected chi connectivity index (χ0v) is 11.9. The minimum atomic E-state index is -0.932. The number of fused-ring (bicyclic) bond motifs is 2. The van der Waals surface area contributed by atoms with E-state index in [9.17, 15) is 19.1 Å². The summed E-state index contributed by atoms with van der Waals surface area (Å²) in [6, 6.07) is 3.99. The third kappa shape index (κ3) is 2.50. The van der Waals surface area contributed by atoms with Gasteiger partial charge in [-0.3, -0.25) is 9.59 Å². The predicted molar refractivity (Wildman–Crippen MR) is 75.5 cm³/mol. The Balaban J connectivity index is 1.80. The molecule has 0 aromatic heterocycles. The van der Waals surface area contributed by atoms with Crippen LogP contribution in [0, 0.1) is 29.5 Å². The van der Waals surface area contributed by atoms with Crippen molar-refractivity contribution in [3.05, 3.63) is 29.0 Å². The topological polar surface area (TPSA) is 66.4 Å². The molecule has 2 N–H and O–H groups in total. The summed E-state index contributed by atoms with van der Waals surface area (Å²) < 4.78 is 13.7. The van der Waals surface area contributed by atoms with Crippen LogP contribution in [0.4, 0.5) is 10.1 Å². The largest absolute Gasteiger partial charge is 0.481 e. The average Bonchev–Trinajstić information content (AvgIpc) is 3.02. The van der Waals surface area contributed by atoms with Crippen molar-refractivity contribution >= 4 is 29.2 Å². The number of hydrogen-bond donors (Lipinski definition) is 2. The Morgan fingerprint density at radius 3 is 2.52 bits per heavy atom. The molecule has 1 aromatic rings. The number of amides is 1. The van der Waals surface area contributed by atoms with Gasteiger partial charge < -0.3 is 10.4 Å². The predicted octanol–water partition coefficient (Wildman–Crippen LogP) is 3.16. The van der Waals surface area contributed by atoms with E-state index < -0.39 is 29.5 Å². The molecule has 0 spiro atoms. The van der Waals surface area contributed by atoms with E-state index in [2.05, 4.69) is 5.32 Å². The molecule has 1 aromatic carbocycles. The number of benzene rings is 1. The van der Waals surface area contributed by atoms with E-state index in [1.165, 1.54) is 12.1 Å². The number of hydrogen-bond acceptors (Lipinski definition) is 2. The first-order valence-corrected chi connectivity index (χ1v) is 7.34. The van der Waals surface area contributed by atoms with Gasteiger partial charge in [0, 0.05) is 5.02 Å². The number of anilines is 1. The Kier molecular flexibility index (Phi) is 3.61. The lowest BCUT2D eigenvalue weighted by atomic mass is 9.78. The first kappa shape index (κ1) is 14.3. The maximum absolute atomic E-state index is 13.7. The van der Waals surface area contributed by atoms with Crippen molar-refractivity contribution in [2.45, 2.75) is 19.3 Å². The van der Waals surface area contributed by atoms with Crippen molar-refractivity contribution < 1.29 is 19.1 Å². The SMILES string of the molecule is O=C(O)[C@@H]1[C@@H]2CC[C@@H](C2)[C@@H]1C(=O)Nc1ccc(Cl)cc1F. The molecular formula is C15H15ClFNO3. The van der Waals surface area contributed by atoms with Crippen LogP contribution in [0.15, 0.2) is 18.2 Å². The molecule has 112 valence electrons. The second-order valence-electron chi connectivity index (χ2n) is 5.84. The van der Waals surface area contributed by atoms with E-state index in [4.69, 9.17) is 11.6 Å². The van der Waals surface area contributed by atoms with Crippen LogP contribution in [0.2, 0.25) is 5.02 Å². The van der Waals surface area contributed by atoms with Crippen molar-refractivity contribution in [3.63, 3.8) is 0 Å². The summed E-state index contributed by atoms with van der Waals surface area (Å²) >= 11 is 5.67. The van der Waals surface area contributed by atoms with Gasteiger partial charge in [0.05, 0.1) is 17.5 Å². The second-order valence-corrected chi connectivity index (χ2v) is 6.27. The van der Waals surface area contributed by atoms with Gasteiger partial charge in [0.25, 0.3) is 0 Å². The standard InChI is InChI=1S/C15H15ClFNO3/c16-9-3-4-11(10(17)6-9)18-14(19)12-7-1-2-8(5-7)13(12)15(20)21/h3-4,6-8,12-13H,1-2,5H2,(H,18,19)(H,20,21)/t7-,8+,12-,13+/m0/s1. The van der Waals surface area contributed by atoms with E-state index in [0.717, 1.165) is 25.3 Å². The Labute approximate surface area is 126 Å². The Morgan fingerprint density at radius 2 is 1.90 bits per heavy atom. The zero-order chi connectivity index (χ0) is 15.1. The third-order valence-corrected chi connectivity index (χ3v) is 4.93. The van der Waals surface area contributed by atoms with Crippen molar-refractivity contribution in [2.75, 3.05) is 5.32 Å². The maximum atomic E-state index is 13.7. The van der Waals surface area contributed by atoms with Gasteiger partial charge in [-0.05, 0) is 49.3 Å². The maximum Gasteiger partial charge on any atom is 0.307 e. The van der Waals surface area contributed by atoms with Crippen molar-refractivity contribution in [3.8, 4) is 0 Å². The van der Waals surface area contributed by atoms with Crippen molar-refractivity contribution in [1.82, 2.24) is 0 Å². The van der Waals surface area contributed by atoms with Gasteiger partial charge in [-0.15, -0.1) is 0 Å². The molecule has 2 fully saturated rings. The zero-order valence-electron chi connectivity index (χ0n) is 11.2. The highest BCUT2D eigenvalue weighted by atomic mass is 35.5. The molecule has 0 saturated heterocycles. The lowest BCUT2D eigenvalue weighted by Gasteiger charge is -2.27. The summed E-state index contributed by atoms with van der Waals surface area (Å²) in [6.07, 6.45) is 2.51. The lowest BCUT2D eigenvalue weighted by molar-refractivity contribution is -0.148. The van der Waals surface area contributed by atoms with Crippen LogP contribution >= 0.6 is 11.6 Å². The fourth-order valence-corrected chi connectivity index (χ4v) is 3.99. The Hall–Kier alpha value is -1.62. The quantitative estimate of drug-likeness (QED) is 0.901. The normalized spacial score (nSPS) is 30.4. The molecule has 6 heteroatoms. The lowest BCUT2D eigenvalue weighted by Crippen LogP contribution is -2.38. The first-order chi connectivity index (χ1) is 9.97. The number of halogens is 2. The number of carboxylic acids is 1. The molecule has 21 heavy (non-hydrogen) atoms. The summed E-state index contributed by atoms with van der Waals surface area (Å²) in [5.41, 5.74) is 0.0383. The molecule has 0 heterocycles. The summed E-state index contributed by atoms with van der Waals surface area (Å²) in [5, 5.41) is 12.1. The molecule has 2 saturated carbocycles. The molecular weight excluding hydrogens is 297 g/mol. The van der Waals surface area contributed by atoms with Gasteiger partial charge in [-0.1, -0.05) is 11.6 Å². The molecule has 2 bridgehead atoms. The Bertz CT molecular complexity index is 607. The van der Waals surface area contributed by atoms with Gasteiger partial charge >= 0.3 is 5.97 Å². The summed E-state index contributed by atoms with van der Waals surface area (Å²) in [4.78, 5) is 23.8. The molecule has 0 radical (unpaired) electrons. The average molecular weight is 312 g/mol. The van der Waals surface area contributed by atoms with Gasteiger partial charge in [-0.2, -0.15) is 0 Å². The van der Waals surface area contributed by atoms with Gasteiger partial charge in [-0.25, -0.2) is 4.39 Å². The number of carbonyl (C=O) groups is 2. The molecule has 3 rings (SSSR count). The van der Waals surface area contributed by atoms with Crippen molar-refractivity contribution in [1.29, 1.82) is 0 Å². The van der Waals surface area contributed by atoms with E-state index >= 15 is 0 Å². The highest BCUT2D eigenvalue weighted by Gasteiger charge is 2.54. The highest BCUT2D eigenvalue weighted by molar-refractivity contribution is 6.30. The Morgan fingerprint density at radius 1 is 1.24 bits per heavy atom. The molecule has 2 aliphatic rings. The molecule has 4 atom stereocenters. The molecule has 0 unspecified atom stereocenters. The molecule has 2 aliphatic carbocycles. The minimum absolute atomic E-state index is 0.0383. The van der Waals surface area contributed by atoms with Crippen LogP contribution < -0.4 is 5.32 Å². The van der Waals surface area contributed by atoms with E-state index in [1.807, 2.05) is 0 Å². The van der Waals surface area contributed by atoms with Crippen LogP contribution in [0.25, 0.3) is 0 Å². The fraction of sp³-hybridized carbons (Fsp3) is 0.467. The van der Waals surface area contributed by atoms with Crippen LogP contribution in [0.3, 0.4) is 0 Å². The van der Waals surface area contributed by atoms with Crippen molar-refractivity contribution in [2.24, 2.45) is 23.7 Å². The second kappa shape index (κ2) is 5.30. The van der Waals surface area contributed by atoms with Gasteiger partial charge in [0.1, 0.15) is 5.82 Å². The summed E-state index contributed by atoms with van der Waals surface area (Å²) in [7, 11) is 0. The third-order valence-electron chi connectivity index (χ3n) is 4.69. The fourth-order valence-electron chi connectivity index (χ4n) is 3.83. The van der Waals surface area contributed by atoms with E-state index in [0.29, 0.717) is 0 Å². The number of nitrogens with one attached hydrogen (secondary N) is 1. The van der Waals surface area contributed by atoms with Crippen LogP contribution in [-0.4, -0.2) is 17.0 Å². The van der Waals surface area contributed by atoms with Gasteiger partial charge in [0.2, 0.25) is 5.91 Å². The number of rotatable bonds is 3. The monoisotopic (exact) mass is 311 g/mol. The molecule has 0 aliphatic heterocycles. The number of carboxylic acid groups (broad SMARTS) is 1. The number of carbonyl (C=O) groups excluding carboxylic acids is 1. The summed E-state index contributed by atoms with van der Waals surface area (Å²) in [5.74, 6) is -3.03. The molecule has 4 nitrogen and oxygen atoms in total. The van der Waals surface area contributed by atoms with Gasteiger partial charge in [0.15, 0.2) is 0 Å². The first-order valence-electron chi connectivity index (χ1n) is 6.96. The summed E-state index contributed by atoms with van der Waals surface area (Å²) in [6.45, 7) is 0. The number of aliphatic carboxylic acids is 1. The highest BCUT2D eigenvalue weighted by Crippen LogP contribution is 2.52. The van der Waals surface area contributed by atoms with E-state index in [-0.39, 0.29) is 22.5 Å². The van der Waals surface area contributed by atoms with Crippen LogP contribution in [0.5, 0.6) is 0 Å². The molecule has 1 amide bonds. The minimum Gasteiger partial charge on any atom is -0.481 e. The van der Waals surface area contributed by atoms with E-state index in [1.54, 1.807) is 0 Å².